The number of fused-ring (bicyclic) bond motifs is 3. The summed E-state index contributed by atoms with van der Waals surface area (Å²) >= 11 is 0.423. The molecule has 0 aliphatic rings. The van der Waals surface area contributed by atoms with Crippen LogP contribution in [0.5, 0.6) is 0 Å². The number of amides is 1. The molecule has 2 aromatic carbocycles. The summed E-state index contributed by atoms with van der Waals surface area (Å²) in [5, 5.41) is 3.35. The number of nitrogens with one attached hydrogen (secondary N) is 1. The van der Waals surface area contributed by atoms with Crippen LogP contribution in [0.1, 0.15) is 0 Å². The summed E-state index contributed by atoms with van der Waals surface area (Å²) in [6.45, 7) is -0.258. The number of rotatable bonds is 5. The van der Waals surface area contributed by atoms with E-state index in [0.717, 1.165) is 9.95 Å². The first-order valence-electron chi connectivity index (χ1n) is 8.22. The molecule has 1 N–H and O–H groups in total. The predicted molar refractivity (Wildman–Crippen MR) is 103 cm³/mol. The van der Waals surface area contributed by atoms with Crippen LogP contribution in [0.3, 0.4) is 0 Å². The number of anilines is 1. The predicted octanol–water partition coefficient (Wildman–Crippen LogP) is 4.10. The molecule has 0 aliphatic heterocycles. The number of benzene rings is 2. The number of nitrogens with zero attached hydrogens (tertiary/aromatic N) is 2. The van der Waals surface area contributed by atoms with Gasteiger partial charge in [-0.15, -0.1) is 0 Å². The molecule has 0 unspecified atom stereocenters. The SMILES string of the molecule is O=C(Cn1cnc2c(oc3ccccc32)c1=O)Nc1ccc(SC(F)F)cc1. The maximum atomic E-state index is 12.6. The van der Waals surface area contributed by atoms with E-state index in [-0.39, 0.29) is 12.1 Å². The summed E-state index contributed by atoms with van der Waals surface area (Å²) in [7, 11) is 0. The molecule has 2 aromatic heterocycles. The Kier molecular flexibility index (Phi) is 4.82. The molecule has 6 nitrogen and oxygen atoms in total. The number of alkyl halides is 2. The summed E-state index contributed by atoms with van der Waals surface area (Å²) in [5.74, 6) is -2.96. The fourth-order valence-electron chi connectivity index (χ4n) is 2.80. The highest BCUT2D eigenvalue weighted by Crippen LogP contribution is 2.26. The van der Waals surface area contributed by atoms with Crippen molar-refractivity contribution in [1.82, 2.24) is 9.55 Å². The lowest BCUT2D eigenvalue weighted by atomic mass is 10.2. The van der Waals surface area contributed by atoms with E-state index in [4.69, 9.17) is 4.42 Å². The van der Waals surface area contributed by atoms with Gasteiger partial charge in [-0.2, -0.15) is 8.78 Å². The number of hydrogen-bond acceptors (Lipinski definition) is 5. The maximum Gasteiger partial charge on any atom is 0.297 e. The molecular weight excluding hydrogens is 388 g/mol. The molecule has 0 saturated heterocycles. The van der Waals surface area contributed by atoms with Crippen LogP contribution in [-0.4, -0.2) is 21.2 Å². The summed E-state index contributed by atoms with van der Waals surface area (Å²) in [5.41, 5.74) is 1.06. The fraction of sp³-hybridized carbons (Fsp3) is 0.105. The van der Waals surface area contributed by atoms with Gasteiger partial charge in [-0.3, -0.25) is 14.2 Å². The van der Waals surface area contributed by atoms with Gasteiger partial charge in [-0.25, -0.2) is 4.98 Å². The number of furan rings is 1. The number of carbonyl (C=O) groups excluding carboxylic acids is 1. The average molecular weight is 401 g/mol. The lowest BCUT2D eigenvalue weighted by Gasteiger charge is -2.08. The van der Waals surface area contributed by atoms with E-state index in [2.05, 4.69) is 10.3 Å². The fourth-order valence-corrected chi connectivity index (χ4v) is 3.30. The first kappa shape index (κ1) is 18.2. The van der Waals surface area contributed by atoms with Crippen molar-refractivity contribution in [2.45, 2.75) is 17.2 Å². The smallest absolute Gasteiger partial charge is 0.297 e. The van der Waals surface area contributed by atoms with Crippen molar-refractivity contribution in [1.29, 1.82) is 0 Å². The largest absolute Gasteiger partial charge is 0.448 e. The van der Waals surface area contributed by atoms with Crippen LogP contribution in [0.2, 0.25) is 0 Å². The van der Waals surface area contributed by atoms with E-state index in [1.807, 2.05) is 6.07 Å². The molecule has 9 heteroatoms. The zero-order valence-corrected chi connectivity index (χ0v) is 15.1. The Morgan fingerprint density at radius 2 is 1.93 bits per heavy atom. The van der Waals surface area contributed by atoms with Crippen LogP contribution in [0.4, 0.5) is 14.5 Å². The monoisotopic (exact) mass is 401 g/mol. The van der Waals surface area contributed by atoms with Crippen LogP contribution in [0.25, 0.3) is 22.1 Å². The van der Waals surface area contributed by atoms with Crippen molar-refractivity contribution in [3.8, 4) is 0 Å². The normalized spacial score (nSPS) is 11.4. The Morgan fingerprint density at radius 3 is 2.68 bits per heavy atom. The van der Waals surface area contributed by atoms with Crippen molar-refractivity contribution >= 4 is 45.4 Å². The quantitative estimate of drug-likeness (QED) is 0.510. The van der Waals surface area contributed by atoms with E-state index < -0.39 is 17.2 Å². The number of thioether (sulfide) groups is 1. The topological polar surface area (TPSA) is 77.1 Å². The minimum atomic E-state index is -2.51. The standard InChI is InChI=1S/C19H13F2N3O3S/c20-19(21)28-12-7-5-11(6-8-12)23-15(25)9-24-10-22-16-13-3-1-2-4-14(13)27-17(16)18(24)26/h1-8,10,19H,9H2,(H,23,25). The Hall–Kier alpha value is -3.20. The summed E-state index contributed by atoms with van der Waals surface area (Å²) in [6.07, 6.45) is 1.30. The van der Waals surface area contributed by atoms with Crippen LogP contribution in [0.15, 0.2) is 69.0 Å². The second-order valence-corrected chi connectivity index (χ2v) is 6.97. The van der Waals surface area contributed by atoms with Gasteiger partial charge >= 0.3 is 0 Å². The summed E-state index contributed by atoms with van der Waals surface area (Å²) in [6, 6.07) is 13.2. The summed E-state index contributed by atoms with van der Waals surface area (Å²) < 4.78 is 31.4. The van der Waals surface area contributed by atoms with Crippen LogP contribution < -0.4 is 10.9 Å². The van der Waals surface area contributed by atoms with E-state index in [1.54, 1.807) is 18.2 Å². The lowest BCUT2D eigenvalue weighted by Crippen LogP contribution is -2.27. The number of hydrogen-bond donors (Lipinski definition) is 1. The molecule has 0 aliphatic carbocycles. The van der Waals surface area contributed by atoms with Crippen molar-refractivity contribution in [3.05, 3.63) is 65.2 Å². The summed E-state index contributed by atoms with van der Waals surface area (Å²) in [4.78, 5) is 29.5. The number of halogens is 2. The average Bonchev–Trinajstić information content (AvgIpc) is 3.05. The molecule has 0 fully saturated rings. The van der Waals surface area contributed by atoms with Gasteiger partial charge in [0, 0.05) is 16.0 Å². The molecule has 0 bridgehead atoms. The molecule has 4 rings (SSSR count). The molecule has 142 valence electrons. The maximum absolute atomic E-state index is 12.6. The molecule has 0 radical (unpaired) electrons. The van der Waals surface area contributed by atoms with Crippen LogP contribution >= 0.6 is 11.8 Å². The second kappa shape index (κ2) is 7.43. The van der Waals surface area contributed by atoms with Gasteiger partial charge in [0.25, 0.3) is 11.3 Å². The first-order valence-corrected chi connectivity index (χ1v) is 9.10. The molecule has 0 atom stereocenters. The Bertz CT molecular complexity index is 1220. The lowest BCUT2D eigenvalue weighted by molar-refractivity contribution is -0.116. The van der Waals surface area contributed by atoms with Crippen LogP contribution in [-0.2, 0) is 11.3 Å². The molecule has 4 aromatic rings. The van der Waals surface area contributed by atoms with Crippen molar-refractivity contribution in [2.24, 2.45) is 0 Å². The van der Waals surface area contributed by atoms with Gasteiger partial charge in [0.05, 0.1) is 6.33 Å². The van der Waals surface area contributed by atoms with Crippen molar-refractivity contribution < 1.29 is 18.0 Å². The Balaban J connectivity index is 1.53. The van der Waals surface area contributed by atoms with Gasteiger partial charge < -0.3 is 9.73 Å². The molecule has 0 saturated carbocycles. The Morgan fingerprint density at radius 1 is 1.18 bits per heavy atom. The number of carbonyl (C=O) groups is 1. The van der Waals surface area contributed by atoms with Gasteiger partial charge in [0.15, 0.2) is 0 Å². The van der Waals surface area contributed by atoms with Gasteiger partial charge in [0.2, 0.25) is 11.5 Å². The van der Waals surface area contributed by atoms with Crippen molar-refractivity contribution in [2.75, 3.05) is 5.32 Å². The first-order chi connectivity index (χ1) is 13.5. The van der Waals surface area contributed by atoms with E-state index >= 15 is 0 Å². The third kappa shape index (κ3) is 3.61. The second-order valence-electron chi connectivity index (χ2n) is 5.90. The van der Waals surface area contributed by atoms with Gasteiger partial charge in [-0.1, -0.05) is 23.9 Å². The highest BCUT2D eigenvalue weighted by Gasteiger charge is 2.14. The molecular formula is C19H13F2N3O3S. The minimum Gasteiger partial charge on any atom is -0.448 e. The van der Waals surface area contributed by atoms with E-state index in [9.17, 15) is 18.4 Å². The zero-order valence-electron chi connectivity index (χ0n) is 14.3. The molecule has 2 heterocycles. The zero-order chi connectivity index (χ0) is 19.7. The third-order valence-electron chi connectivity index (χ3n) is 4.03. The minimum absolute atomic E-state index is 0.0878. The Labute approximate surface area is 161 Å². The third-order valence-corrected chi connectivity index (χ3v) is 4.75. The van der Waals surface area contributed by atoms with Crippen LogP contribution in [0, 0.1) is 0 Å². The van der Waals surface area contributed by atoms with Gasteiger partial charge in [0.1, 0.15) is 17.6 Å². The number of aromatic nitrogens is 2. The van der Waals surface area contributed by atoms with Crippen molar-refractivity contribution in [3.63, 3.8) is 0 Å². The highest BCUT2D eigenvalue weighted by molar-refractivity contribution is 7.99. The van der Waals surface area contributed by atoms with E-state index in [1.165, 1.54) is 30.6 Å². The number of para-hydroxylation sites is 1. The van der Waals surface area contributed by atoms with E-state index in [0.29, 0.717) is 33.4 Å². The highest BCUT2D eigenvalue weighted by atomic mass is 32.2. The molecule has 1 amide bonds. The van der Waals surface area contributed by atoms with Gasteiger partial charge in [-0.05, 0) is 36.4 Å². The molecule has 28 heavy (non-hydrogen) atoms. The molecule has 0 spiro atoms.